The van der Waals surface area contributed by atoms with Gasteiger partial charge in [0.1, 0.15) is 0 Å². The fraction of sp³-hybridized carbons (Fsp3) is 0.769. The molecule has 0 N–H and O–H groups in total. The maximum absolute atomic E-state index is 4.39. The van der Waals surface area contributed by atoms with E-state index in [2.05, 4.69) is 80.7 Å². The molecule has 2 rings (SSSR count). The van der Waals surface area contributed by atoms with Crippen LogP contribution in [-0.4, -0.2) is 22.6 Å². The molecule has 2 saturated heterocycles. The first-order valence-corrected chi connectivity index (χ1v) is 14.7. The Morgan fingerprint density at radius 1 is 0.571 bits per heavy atom. The van der Waals surface area contributed by atoms with Crippen LogP contribution in [0.1, 0.15) is 81.1 Å². The van der Waals surface area contributed by atoms with Gasteiger partial charge in [0.2, 0.25) is 0 Å². The molecule has 28 heavy (non-hydrogen) atoms. The van der Waals surface area contributed by atoms with Gasteiger partial charge in [0.25, 0.3) is 0 Å². The molecular formula is C26H46P2. The normalized spacial score (nSPS) is 34.6. The van der Waals surface area contributed by atoms with Gasteiger partial charge in [-0.1, -0.05) is 96.5 Å². The van der Waals surface area contributed by atoms with Crippen molar-refractivity contribution in [2.75, 3.05) is 0 Å². The molecule has 0 aromatic carbocycles. The molecule has 0 aliphatic carbocycles. The molecule has 2 fully saturated rings. The van der Waals surface area contributed by atoms with E-state index >= 15 is 0 Å². The van der Waals surface area contributed by atoms with E-state index in [0.29, 0.717) is 0 Å². The van der Waals surface area contributed by atoms with Gasteiger partial charge in [-0.15, -0.1) is 0 Å². The van der Waals surface area contributed by atoms with Crippen LogP contribution in [-0.2, 0) is 0 Å². The van der Waals surface area contributed by atoms with Crippen molar-refractivity contribution in [2.24, 2.45) is 23.7 Å². The molecular weight excluding hydrogens is 374 g/mol. The van der Waals surface area contributed by atoms with E-state index < -0.39 is 0 Å². The third-order valence-electron chi connectivity index (χ3n) is 7.23. The van der Waals surface area contributed by atoms with Gasteiger partial charge in [-0.25, -0.2) is 0 Å². The highest BCUT2D eigenvalue weighted by Gasteiger charge is 2.44. The fourth-order valence-corrected chi connectivity index (χ4v) is 14.3. The van der Waals surface area contributed by atoms with Gasteiger partial charge < -0.3 is 0 Å². The van der Waals surface area contributed by atoms with Crippen molar-refractivity contribution in [3.05, 3.63) is 35.9 Å². The number of hydrogen-bond donors (Lipinski definition) is 0. The highest BCUT2D eigenvalue weighted by atomic mass is 31.1. The molecule has 2 heteroatoms. The summed E-state index contributed by atoms with van der Waals surface area (Å²) in [4.78, 5) is 0. The molecule has 2 aliphatic rings. The predicted molar refractivity (Wildman–Crippen MR) is 134 cm³/mol. The lowest BCUT2D eigenvalue weighted by Crippen LogP contribution is -2.18. The van der Waals surface area contributed by atoms with E-state index in [1.807, 2.05) is 0 Å². The van der Waals surface area contributed by atoms with Crippen LogP contribution in [0.2, 0.25) is 0 Å². The molecule has 4 unspecified atom stereocenters. The molecule has 0 amide bonds. The first-order valence-electron chi connectivity index (χ1n) is 11.7. The standard InChI is InChI=1S/C26H46P2/c1-11-21(27-23(17(3)4)13-14-24(27)18(5)6)22(12-2)28-25(19(7)8)15-16-26(28)20(9)10/h11-12,17-20,23-26H,1-2,13-16H2,3-10H3/b22-21-. The second-order valence-electron chi connectivity index (χ2n) is 10.4. The molecule has 0 spiro atoms. The zero-order chi connectivity index (χ0) is 21.2. The Morgan fingerprint density at radius 2 is 0.786 bits per heavy atom. The van der Waals surface area contributed by atoms with Gasteiger partial charge in [-0.3, -0.25) is 0 Å². The van der Waals surface area contributed by atoms with E-state index in [1.165, 1.54) is 25.7 Å². The smallest absolute Gasteiger partial charge is 0.0143 e. The van der Waals surface area contributed by atoms with Crippen LogP contribution in [0.3, 0.4) is 0 Å². The van der Waals surface area contributed by atoms with Gasteiger partial charge in [0.15, 0.2) is 0 Å². The van der Waals surface area contributed by atoms with E-state index in [4.69, 9.17) is 0 Å². The maximum atomic E-state index is 4.39. The third-order valence-corrected chi connectivity index (χ3v) is 15.6. The Kier molecular flexibility index (Phi) is 9.05. The topological polar surface area (TPSA) is 0 Å². The summed E-state index contributed by atoms with van der Waals surface area (Å²) in [6.45, 7) is 28.4. The van der Waals surface area contributed by atoms with Crippen LogP contribution >= 0.6 is 15.8 Å². The molecule has 4 atom stereocenters. The van der Waals surface area contributed by atoms with Gasteiger partial charge in [0.05, 0.1) is 0 Å². The van der Waals surface area contributed by atoms with Crippen LogP contribution in [0, 0.1) is 23.7 Å². The molecule has 160 valence electrons. The quantitative estimate of drug-likeness (QED) is 0.271. The van der Waals surface area contributed by atoms with Crippen molar-refractivity contribution in [1.29, 1.82) is 0 Å². The van der Waals surface area contributed by atoms with Crippen molar-refractivity contribution in [2.45, 2.75) is 104 Å². The van der Waals surface area contributed by atoms with Crippen LogP contribution in [0.5, 0.6) is 0 Å². The first kappa shape index (κ1) is 24.4. The maximum Gasteiger partial charge on any atom is -0.0143 e. The van der Waals surface area contributed by atoms with Crippen molar-refractivity contribution < 1.29 is 0 Å². The summed E-state index contributed by atoms with van der Waals surface area (Å²) < 4.78 is 0. The third kappa shape index (κ3) is 4.86. The molecule has 2 heterocycles. The highest BCUT2D eigenvalue weighted by molar-refractivity contribution is 7.68. The monoisotopic (exact) mass is 420 g/mol. The summed E-state index contributed by atoms with van der Waals surface area (Å²) in [7, 11) is -0.292. The molecule has 0 aromatic heterocycles. The summed E-state index contributed by atoms with van der Waals surface area (Å²) >= 11 is 0. The van der Waals surface area contributed by atoms with Gasteiger partial charge in [-0.05, 0) is 82.6 Å². The van der Waals surface area contributed by atoms with Crippen LogP contribution in [0.25, 0.3) is 0 Å². The number of allylic oxidation sites excluding steroid dienone is 4. The second-order valence-corrected chi connectivity index (χ2v) is 15.6. The lowest BCUT2D eigenvalue weighted by Gasteiger charge is -2.37. The van der Waals surface area contributed by atoms with E-state index in [1.54, 1.807) is 10.6 Å². The number of hydrogen-bond acceptors (Lipinski definition) is 0. The molecule has 0 nitrogen and oxygen atoms in total. The zero-order valence-corrected chi connectivity index (χ0v) is 21.7. The zero-order valence-electron chi connectivity index (χ0n) is 19.9. The first-order chi connectivity index (χ1) is 13.1. The SMILES string of the molecule is C=C/C(=C(\C=C)P1C(C(C)C)CCC1C(C)C)P1C(C(C)C)CCC1C(C)C. The predicted octanol–water partition coefficient (Wildman–Crippen LogP) is 9.22. The summed E-state index contributed by atoms with van der Waals surface area (Å²) in [5.74, 6) is 3.09. The Balaban J connectivity index is 2.61. The van der Waals surface area contributed by atoms with Crippen LogP contribution in [0.4, 0.5) is 0 Å². The highest BCUT2D eigenvalue weighted by Crippen LogP contribution is 2.72. The van der Waals surface area contributed by atoms with Crippen LogP contribution < -0.4 is 0 Å². The molecule has 0 radical (unpaired) electrons. The van der Waals surface area contributed by atoms with E-state index in [0.717, 1.165) is 46.3 Å². The molecule has 0 bridgehead atoms. The molecule has 0 aromatic rings. The van der Waals surface area contributed by atoms with E-state index in [9.17, 15) is 0 Å². The summed E-state index contributed by atoms with van der Waals surface area (Å²) in [5, 5.41) is 3.31. The molecule has 2 aliphatic heterocycles. The van der Waals surface area contributed by atoms with Crippen molar-refractivity contribution in [1.82, 2.24) is 0 Å². The fourth-order valence-electron chi connectivity index (χ4n) is 5.75. The lowest BCUT2D eigenvalue weighted by molar-refractivity contribution is 0.543. The minimum Gasteiger partial charge on any atom is -0.0984 e. The lowest BCUT2D eigenvalue weighted by atomic mass is 10.0. The van der Waals surface area contributed by atoms with Gasteiger partial charge in [0, 0.05) is 0 Å². The molecule has 0 saturated carbocycles. The van der Waals surface area contributed by atoms with Crippen molar-refractivity contribution in [3.8, 4) is 0 Å². The van der Waals surface area contributed by atoms with E-state index in [-0.39, 0.29) is 15.8 Å². The number of rotatable bonds is 8. The minimum atomic E-state index is -0.146. The second kappa shape index (κ2) is 10.4. The Morgan fingerprint density at radius 3 is 0.929 bits per heavy atom. The van der Waals surface area contributed by atoms with Gasteiger partial charge in [-0.2, -0.15) is 0 Å². The summed E-state index contributed by atoms with van der Waals surface area (Å²) in [6, 6.07) is 0. The Bertz CT molecular complexity index is 487. The summed E-state index contributed by atoms with van der Waals surface area (Å²) in [5.41, 5.74) is 3.44. The Hall–Kier alpha value is 0.0800. The average Bonchev–Trinajstić information content (AvgIpc) is 3.23. The minimum absolute atomic E-state index is 0.146. The largest absolute Gasteiger partial charge is 0.0984 e. The summed E-state index contributed by atoms with van der Waals surface area (Å²) in [6.07, 6.45) is 10.2. The Labute approximate surface area is 179 Å². The van der Waals surface area contributed by atoms with Crippen molar-refractivity contribution in [3.63, 3.8) is 0 Å². The van der Waals surface area contributed by atoms with Gasteiger partial charge >= 0.3 is 0 Å². The van der Waals surface area contributed by atoms with Crippen LogP contribution in [0.15, 0.2) is 35.9 Å². The average molecular weight is 421 g/mol. The van der Waals surface area contributed by atoms with Crippen molar-refractivity contribution >= 4 is 15.8 Å².